The van der Waals surface area contributed by atoms with Gasteiger partial charge in [-0.05, 0) is 41.7 Å². The molecule has 1 atom stereocenters. The summed E-state index contributed by atoms with van der Waals surface area (Å²) < 4.78 is 5.64. The number of rotatable bonds is 3. The first-order chi connectivity index (χ1) is 9.33. The second-order valence-electron chi connectivity index (χ2n) is 5.09. The molecule has 2 aromatic carbocycles. The van der Waals surface area contributed by atoms with Crippen molar-refractivity contribution in [1.29, 1.82) is 0 Å². The molecule has 3 rings (SSSR count). The molecule has 0 saturated carbocycles. The van der Waals surface area contributed by atoms with Crippen molar-refractivity contribution in [3.63, 3.8) is 0 Å². The average molecular weight is 253 g/mol. The standard InChI is InChI=1S/C17H19NO/c18-16(17-7-3-4-10-19-17)12-13-8-9-14-5-1-2-6-15(14)11-13/h1-2,5-9,11,16H,3-4,10,12,18H2. The molecule has 1 aliphatic heterocycles. The Morgan fingerprint density at radius 3 is 2.74 bits per heavy atom. The van der Waals surface area contributed by atoms with Crippen LogP contribution in [0.15, 0.2) is 54.3 Å². The van der Waals surface area contributed by atoms with Crippen LogP contribution in [-0.2, 0) is 11.2 Å². The summed E-state index contributed by atoms with van der Waals surface area (Å²) in [6.07, 6.45) is 5.15. The monoisotopic (exact) mass is 253 g/mol. The van der Waals surface area contributed by atoms with E-state index in [9.17, 15) is 0 Å². The molecule has 1 aliphatic rings. The summed E-state index contributed by atoms with van der Waals surface area (Å²) in [6, 6.07) is 14.9. The van der Waals surface area contributed by atoms with E-state index in [-0.39, 0.29) is 6.04 Å². The molecule has 0 fully saturated rings. The first kappa shape index (κ1) is 12.2. The van der Waals surface area contributed by atoms with Crippen LogP contribution in [0.3, 0.4) is 0 Å². The Labute approximate surface area is 113 Å². The number of fused-ring (bicyclic) bond motifs is 1. The predicted octanol–water partition coefficient (Wildman–Crippen LogP) is 3.40. The van der Waals surface area contributed by atoms with Crippen molar-refractivity contribution in [2.75, 3.05) is 6.61 Å². The van der Waals surface area contributed by atoms with Crippen LogP contribution in [0.1, 0.15) is 18.4 Å². The third-order valence-electron chi connectivity index (χ3n) is 3.60. The summed E-state index contributed by atoms with van der Waals surface area (Å²) in [7, 11) is 0. The minimum Gasteiger partial charge on any atom is -0.497 e. The van der Waals surface area contributed by atoms with Gasteiger partial charge in [0.2, 0.25) is 0 Å². The van der Waals surface area contributed by atoms with Crippen molar-refractivity contribution >= 4 is 10.8 Å². The van der Waals surface area contributed by atoms with Crippen molar-refractivity contribution in [3.8, 4) is 0 Å². The predicted molar refractivity (Wildman–Crippen MR) is 78.9 cm³/mol. The largest absolute Gasteiger partial charge is 0.497 e. The quantitative estimate of drug-likeness (QED) is 0.909. The zero-order valence-corrected chi connectivity index (χ0v) is 11.0. The van der Waals surface area contributed by atoms with Gasteiger partial charge in [-0.1, -0.05) is 42.5 Å². The molecule has 2 aromatic rings. The second kappa shape index (κ2) is 5.45. The Balaban J connectivity index is 1.79. The molecule has 0 bridgehead atoms. The molecule has 0 spiro atoms. The van der Waals surface area contributed by atoms with Gasteiger partial charge in [-0.3, -0.25) is 0 Å². The molecule has 2 heteroatoms. The van der Waals surface area contributed by atoms with Gasteiger partial charge in [0.25, 0.3) is 0 Å². The van der Waals surface area contributed by atoms with Gasteiger partial charge in [0.15, 0.2) is 0 Å². The van der Waals surface area contributed by atoms with Crippen LogP contribution >= 0.6 is 0 Å². The maximum atomic E-state index is 6.23. The fourth-order valence-electron chi connectivity index (χ4n) is 2.56. The molecule has 0 amide bonds. The van der Waals surface area contributed by atoms with Crippen LogP contribution < -0.4 is 5.73 Å². The maximum Gasteiger partial charge on any atom is 0.109 e. The van der Waals surface area contributed by atoms with Crippen molar-refractivity contribution in [2.24, 2.45) is 5.73 Å². The lowest BCUT2D eigenvalue weighted by atomic mass is 10.00. The molecule has 0 saturated heterocycles. The number of hydrogen-bond acceptors (Lipinski definition) is 2. The zero-order valence-electron chi connectivity index (χ0n) is 11.0. The number of nitrogens with two attached hydrogens (primary N) is 1. The van der Waals surface area contributed by atoms with Gasteiger partial charge in [-0.2, -0.15) is 0 Å². The van der Waals surface area contributed by atoms with Gasteiger partial charge in [-0.15, -0.1) is 0 Å². The summed E-state index contributed by atoms with van der Waals surface area (Å²) >= 11 is 0. The van der Waals surface area contributed by atoms with Gasteiger partial charge >= 0.3 is 0 Å². The molecule has 0 aliphatic carbocycles. The van der Waals surface area contributed by atoms with Gasteiger partial charge in [0.1, 0.15) is 5.76 Å². The second-order valence-corrected chi connectivity index (χ2v) is 5.09. The molecule has 2 nitrogen and oxygen atoms in total. The highest BCUT2D eigenvalue weighted by Crippen LogP contribution is 2.19. The number of ether oxygens (including phenoxy) is 1. The van der Waals surface area contributed by atoms with E-state index in [1.54, 1.807) is 0 Å². The van der Waals surface area contributed by atoms with Crippen LogP contribution in [0.4, 0.5) is 0 Å². The summed E-state index contributed by atoms with van der Waals surface area (Å²) in [5.74, 6) is 0.958. The van der Waals surface area contributed by atoms with E-state index >= 15 is 0 Å². The normalized spacial score (nSPS) is 16.8. The van der Waals surface area contributed by atoms with E-state index in [1.165, 1.54) is 16.3 Å². The molecule has 19 heavy (non-hydrogen) atoms. The summed E-state index contributed by atoms with van der Waals surface area (Å²) in [4.78, 5) is 0. The van der Waals surface area contributed by atoms with E-state index in [2.05, 4.69) is 48.5 Å². The van der Waals surface area contributed by atoms with E-state index in [0.717, 1.165) is 31.6 Å². The zero-order chi connectivity index (χ0) is 13.1. The third-order valence-corrected chi connectivity index (χ3v) is 3.60. The van der Waals surface area contributed by atoms with E-state index in [4.69, 9.17) is 10.5 Å². The Kier molecular flexibility index (Phi) is 3.51. The number of hydrogen-bond donors (Lipinski definition) is 1. The SMILES string of the molecule is NC(Cc1ccc2ccccc2c1)C1=CCCCO1. The minimum absolute atomic E-state index is 0.0264. The Bertz CT molecular complexity index is 603. The lowest BCUT2D eigenvalue weighted by Crippen LogP contribution is -2.28. The van der Waals surface area contributed by atoms with Gasteiger partial charge in [0.05, 0.1) is 12.6 Å². The minimum atomic E-state index is -0.0264. The van der Waals surface area contributed by atoms with Crippen molar-refractivity contribution < 1.29 is 4.74 Å². The molecule has 98 valence electrons. The summed E-state index contributed by atoms with van der Waals surface area (Å²) in [5.41, 5.74) is 7.50. The van der Waals surface area contributed by atoms with Crippen molar-refractivity contribution in [1.82, 2.24) is 0 Å². The van der Waals surface area contributed by atoms with Crippen LogP contribution in [-0.4, -0.2) is 12.6 Å². The highest BCUT2D eigenvalue weighted by Gasteiger charge is 2.14. The number of allylic oxidation sites excluding steroid dienone is 1. The van der Waals surface area contributed by atoms with Crippen LogP contribution in [0.5, 0.6) is 0 Å². The Hall–Kier alpha value is -1.80. The molecule has 0 radical (unpaired) electrons. The van der Waals surface area contributed by atoms with Crippen LogP contribution in [0.25, 0.3) is 10.8 Å². The van der Waals surface area contributed by atoms with Crippen molar-refractivity contribution in [2.45, 2.75) is 25.3 Å². The molecular formula is C17H19NO. The first-order valence-corrected chi connectivity index (χ1v) is 6.89. The van der Waals surface area contributed by atoms with Crippen LogP contribution in [0, 0.1) is 0 Å². The first-order valence-electron chi connectivity index (χ1n) is 6.89. The molecule has 1 unspecified atom stereocenters. The lowest BCUT2D eigenvalue weighted by Gasteiger charge is -2.20. The van der Waals surface area contributed by atoms with E-state index in [0.29, 0.717) is 0 Å². The third kappa shape index (κ3) is 2.79. The molecule has 2 N–H and O–H groups in total. The topological polar surface area (TPSA) is 35.2 Å². The van der Waals surface area contributed by atoms with Crippen molar-refractivity contribution in [3.05, 3.63) is 59.9 Å². The lowest BCUT2D eigenvalue weighted by molar-refractivity contribution is 0.175. The van der Waals surface area contributed by atoms with Gasteiger partial charge in [0, 0.05) is 0 Å². The molecular weight excluding hydrogens is 234 g/mol. The summed E-state index contributed by atoms with van der Waals surface area (Å²) in [6.45, 7) is 0.803. The fraction of sp³-hybridized carbons (Fsp3) is 0.294. The maximum absolute atomic E-state index is 6.23. The van der Waals surface area contributed by atoms with E-state index in [1.807, 2.05) is 0 Å². The van der Waals surface area contributed by atoms with Gasteiger partial charge < -0.3 is 10.5 Å². The highest BCUT2D eigenvalue weighted by atomic mass is 16.5. The average Bonchev–Trinajstić information content (AvgIpc) is 2.48. The molecule has 0 aromatic heterocycles. The Morgan fingerprint density at radius 1 is 1.11 bits per heavy atom. The number of benzene rings is 2. The van der Waals surface area contributed by atoms with Gasteiger partial charge in [-0.25, -0.2) is 0 Å². The van der Waals surface area contributed by atoms with E-state index < -0.39 is 0 Å². The fourth-order valence-corrected chi connectivity index (χ4v) is 2.56. The van der Waals surface area contributed by atoms with Crippen LogP contribution in [0.2, 0.25) is 0 Å². The smallest absolute Gasteiger partial charge is 0.109 e. The Morgan fingerprint density at radius 2 is 1.95 bits per heavy atom. The molecule has 1 heterocycles. The highest BCUT2D eigenvalue weighted by molar-refractivity contribution is 5.83. The summed E-state index contributed by atoms with van der Waals surface area (Å²) in [5, 5.41) is 2.54.